The summed E-state index contributed by atoms with van der Waals surface area (Å²) in [5.74, 6) is -0.218. The van der Waals surface area contributed by atoms with E-state index in [1.807, 2.05) is 0 Å². The third-order valence-electron chi connectivity index (χ3n) is 6.64. The fourth-order valence-electron chi connectivity index (χ4n) is 4.69. The second-order valence-corrected chi connectivity index (χ2v) is 11.0. The number of aromatic nitrogens is 1. The molecule has 3 heterocycles. The number of nitro benzene ring substituents is 1. The van der Waals surface area contributed by atoms with E-state index in [1.54, 1.807) is 38.1 Å². The molecule has 0 saturated carbocycles. The molecule has 0 amide bonds. The zero-order chi connectivity index (χ0) is 31.0. The molecule has 4 aromatic rings. The van der Waals surface area contributed by atoms with Gasteiger partial charge in [0.05, 0.1) is 47.6 Å². The number of allylic oxidation sites excluding steroid dienone is 1. The van der Waals surface area contributed by atoms with Crippen LogP contribution >= 0.6 is 27.3 Å². The summed E-state index contributed by atoms with van der Waals surface area (Å²) in [6.07, 6.45) is 1.51. The number of benzene rings is 2. The Bertz CT molecular complexity index is 1990. The summed E-state index contributed by atoms with van der Waals surface area (Å²) in [4.78, 5) is 42.4. The number of halogens is 2. The highest BCUT2D eigenvalue weighted by Crippen LogP contribution is 2.41. The van der Waals surface area contributed by atoms with Crippen LogP contribution in [0.15, 0.2) is 72.4 Å². The molecule has 0 aliphatic carbocycles. The summed E-state index contributed by atoms with van der Waals surface area (Å²) in [6, 6.07) is 9.02. The number of methoxy groups -OCH3 is 2. The monoisotopic (exact) mass is 671 g/mol. The van der Waals surface area contributed by atoms with Crippen molar-refractivity contribution in [3.8, 4) is 22.8 Å². The number of esters is 1. The Morgan fingerprint density at radius 1 is 1.21 bits per heavy atom. The first-order chi connectivity index (χ1) is 20.6. The van der Waals surface area contributed by atoms with E-state index in [9.17, 15) is 24.1 Å². The van der Waals surface area contributed by atoms with Gasteiger partial charge in [0.25, 0.3) is 5.56 Å². The van der Waals surface area contributed by atoms with Crippen molar-refractivity contribution in [2.45, 2.75) is 19.9 Å². The van der Waals surface area contributed by atoms with Crippen molar-refractivity contribution in [3.05, 3.63) is 105 Å². The Morgan fingerprint density at radius 3 is 2.60 bits per heavy atom. The average molecular weight is 672 g/mol. The second-order valence-electron chi connectivity index (χ2n) is 9.16. The van der Waals surface area contributed by atoms with Crippen LogP contribution in [0.25, 0.3) is 17.4 Å². The van der Waals surface area contributed by atoms with E-state index in [1.165, 1.54) is 30.9 Å². The molecule has 43 heavy (non-hydrogen) atoms. The van der Waals surface area contributed by atoms with E-state index in [2.05, 4.69) is 20.9 Å². The van der Waals surface area contributed by atoms with Gasteiger partial charge in [-0.15, -0.1) is 0 Å². The van der Waals surface area contributed by atoms with Crippen LogP contribution in [0.5, 0.6) is 11.5 Å². The van der Waals surface area contributed by atoms with Gasteiger partial charge in [0.1, 0.15) is 11.5 Å². The Labute approximate surface area is 255 Å². The van der Waals surface area contributed by atoms with Crippen LogP contribution in [-0.4, -0.2) is 36.3 Å². The van der Waals surface area contributed by atoms with Crippen LogP contribution in [0.2, 0.25) is 0 Å². The first-order valence-corrected chi connectivity index (χ1v) is 14.3. The lowest BCUT2D eigenvalue weighted by Crippen LogP contribution is -2.40. The molecule has 0 N–H and O–H groups in total. The van der Waals surface area contributed by atoms with Crippen LogP contribution in [0, 0.1) is 15.9 Å². The van der Waals surface area contributed by atoms with Crippen LogP contribution in [0.4, 0.5) is 10.1 Å². The number of carbonyl (C=O) groups is 1. The maximum absolute atomic E-state index is 13.9. The first kappa shape index (κ1) is 29.9. The fourth-order valence-corrected chi connectivity index (χ4v) is 6.25. The van der Waals surface area contributed by atoms with Gasteiger partial charge < -0.3 is 18.6 Å². The van der Waals surface area contributed by atoms with E-state index < -0.39 is 34.0 Å². The summed E-state index contributed by atoms with van der Waals surface area (Å²) in [7, 11) is 2.98. The molecule has 5 rings (SSSR count). The van der Waals surface area contributed by atoms with Crippen molar-refractivity contribution in [3.63, 3.8) is 0 Å². The fraction of sp³-hybridized carbons (Fsp3) is 0.207. The van der Waals surface area contributed by atoms with Gasteiger partial charge in [-0.25, -0.2) is 9.79 Å². The third kappa shape index (κ3) is 5.50. The number of hydrogen-bond donors (Lipinski definition) is 0. The quantitative estimate of drug-likeness (QED) is 0.147. The van der Waals surface area contributed by atoms with Crippen molar-refractivity contribution in [1.29, 1.82) is 0 Å². The van der Waals surface area contributed by atoms with E-state index in [-0.39, 0.29) is 28.2 Å². The summed E-state index contributed by atoms with van der Waals surface area (Å²) < 4.78 is 38.1. The standard InChI is InChI=1S/C29H23BrFN3O8S/c1-5-41-28(36)25-14(2)32-29-33(26(25)17-12-22(39-3)23(40-4)13-18(17)30)27(35)24(43-29)11-16-7-9-21(42-16)15-6-8-19(31)20(10-15)34(37)38/h6-13,26H,5H2,1-4H3/b24-11-/t26-/m0/s1. The van der Waals surface area contributed by atoms with Gasteiger partial charge in [-0.05, 0) is 55.8 Å². The number of ether oxygens (including phenoxy) is 3. The highest BCUT2D eigenvalue weighted by atomic mass is 79.9. The lowest BCUT2D eigenvalue weighted by atomic mass is 9.95. The number of furan rings is 1. The lowest BCUT2D eigenvalue weighted by molar-refractivity contribution is -0.387. The summed E-state index contributed by atoms with van der Waals surface area (Å²) in [5, 5.41) is 11.2. The van der Waals surface area contributed by atoms with E-state index in [0.29, 0.717) is 37.6 Å². The zero-order valence-corrected chi connectivity index (χ0v) is 25.6. The molecule has 14 heteroatoms. The number of carbonyl (C=O) groups excluding carboxylic acids is 1. The molecule has 0 spiro atoms. The molecule has 0 bridgehead atoms. The number of fused-ring (bicyclic) bond motifs is 1. The number of hydrogen-bond acceptors (Lipinski definition) is 10. The van der Waals surface area contributed by atoms with Gasteiger partial charge in [0.15, 0.2) is 16.3 Å². The molecule has 2 aromatic carbocycles. The summed E-state index contributed by atoms with van der Waals surface area (Å²) >= 11 is 4.66. The van der Waals surface area contributed by atoms with Gasteiger partial charge in [-0.1, -0.05) is 27.3 Å². The van der Waals surface area contributed by atoms with Crippen LogP contribution in [0.3, 0.4) is 0 Å². The van der Waals surface area contributed by atoms with Gasteiger partial charge in [-0.3, -0.25) is 19.5 Å². The normalized spacial score (nSPS) is 14.7. The minimum atomic E-state index is -0.963. The highest BCUT2D eigenvalue weighted by molar-refractivity contribution is 9.10. The number of thiazole rings is 1. The molecular formula is C29H23BrFN3O8S. The largest absolute Gasteiger partial charge is 0.493 e. The molecular weight excluding hydrogens is 649 g/mol. The molecule has 0 unspecified atom stereocenters. The van der Waals surface area contributed by atoms with Gasteiger partial charge in [0.2, 0.25) is 5.82 Å². The van der Waals surface area contributed by atoms with Crippen molar-refractivity contribution in [2.75, 3.05) is 20.8 Å². The molecule has 0 saturated heterocycles. The van der Waals surface area contributed by atoms with Gasteiger partial charge in [0, 0.05) is 22.2 Å². The van der Waals surface area contributed by atoms with Crippen LogP contribution < -0.4 is 24.4 Å². The number of rotatable bonds is 8. The topological polar surface area (TPSA) is 135 Å². The zero-order valence-electron chi connectivity index (χ0n) is 23.2. The summed E-state index contributed by atoms with van der Waals surface area (Å²) in [5.41, 5.74) is 0.282. The predicted octanol–water partition coefficient (Wildman–Crippen LogP) is 4.89. The van der Waals surface area contributed by atoms with Gasteiger partial charge >= 0.3 is 11.7 Å². The Hall–Kier alpha value is -4.56. The van der Waals surface area contributed by atoms with E-state index in [0.717, 1.165) is 23.5 Å². The Morgan fingerprint density at radius 2 is 1.93 bits per heavy atom. The predicted molar refractivity (Wildman–Crippen MR) is 158 cm³/mol. The number of nitrogens with zero attached hydrogens (tertiary/aromatic N) is 3. The smallest absolute Gasteiger partial charge is 0.338 e. The summed E-state index contributed by atoms with van der Waals surface area (Å²) in [6.45, 7) is 3.48. The van der Waals surface area contributed by atoms with Crippen molar-refractivity contribution in [1.82, 2.24) is 4.57 Å². The van der Waals surface area contributed by atoms with Crippen molar-refractivity contribution < 1.29 is 32.7 Å². The Balaban J connectivity index is 1.66. The molecule has 11 nitrogen and oxygen atoms in total. The molecule has 2 aromatic heterocycles. The Kier molecular flexibility index (Phi) is 8.33. The third-order valence-corrected chi connectivity index (χ3v) is 8.31. The van der Waals surface area contributed by atoms with Crippen LogP contribution in [0.1, 0.15) is 31.2 Å². The minimum absolute atomic E-state index is 0.123. The molecule has 222 valence electrons. The number of nitro groups is 1. The van der Waals surface area contributed by atoms with Crippen molar-refractivity contribution in [2.24, 2.45) is 4.99 Å². The molecule has 1 aliphatic rings. The first-order valence-electron chi connectivity index (χ1n) is 12.7. The van der Waals surface area contributed by atoms with E-state index >= 15 is 0 Å². The average Bonchev–Trinajstić information content (AvgIpc) is 3.56. The van der Waals surface area contributed by atoms with Gasteiger partial charge in [-0.2, -0.15) is 4.39 Å². The second kappa shape index (κ2) is 12.0. The van der Waals surface area contributed by atoms with Crippen molar-refractivity contribution >= 4 is 45.0 Å². The minimum Gasteiger partial charge on any atom is -0.493 e. The van der Waals surface area contributed by atoms with E-state index in [4.69, 9.17) is 18.6 Å². The molecule has 0 radical (unpaired) electrons. The molecule has 1 atom stereocenters. The maximum atomic E-state index is 13.9. The molecule has 0 fully saturated rings. The SMILES string of the molecule is CCOC(=O)C1=C(C)N=c2s/c(=C\c3ccc(-c4ccc(F)c([N+](=O)[O-])c4)o3)c(=O)n2[C@H]1c1cc(OC)c(OC)cc1Br. The maximum Gasteiger partial charge on any atom is 0.338 e. The highest BCUT2D eigenvalue weighted by Gasteiger charge is 2.35. The lowest BCUT2D eigenvalue weighted by Gasteiger charge is -2.26. The van der Waals surface area contributed by atoms with Crippen LogP contribution in [-0.2, 0) is 9.53 Å². The molecule has 1 aliphatic heterocycles.